The molecule has 1 amide bonds. The van der Waals surface area contributed by atoms with Gasteiger partial charge < -0.3 is 31.3 Å². The number of amidine groups is 1. The minimum absolute atomic E-state index is 0.129. The molecule has 34 heavy (non-hydrogen) atoms. The van der Waals surface area contributed by atoms with Crippen LogP contribution in [0.15, 0.2) is 54.4 Å². The van der Waals surface area contributed by atoms with Crippen LogP contribution < -0.4 is 21.5 Å². The number of carbonyl (C=O) groups excluding carboxylic acids is 1. The second-order valence-electron chi connectivity index (χ2n) is 8.12. The molecule has 1 aromatic rings. The molecule has 5 N–H and O–H groups in total. The van der Waals surface area contributed by atoms with Gasteiger partial charge in [0.1, 0.15) is 11.6 Å². The second kappa shape index (κ2) is 18.4. The predicted octanol–water partition coefficient (Wildman–Crippen LogP) is 3.32. The third-order valence-corrected chi connectivity index (χ3v) is 5.21. The first-order chi connectivity index (χ1) is 16.5. The summed E-state index contributed by atoms with van der Waals surface area (Å²) >= 11 is 0. The molecule has 8 nitrogen and oxygen atoms in total. The molecule has 0 aliphatic carbocycles. The van der Waals surface area contributed by atoms with Crippen molar-refractivity contribution < 1.29 is 9.53 Å². The van der Waals surface area contributed by atoms with Crippen molar-refractivity contribution in [2.24, 2.45) is 16.5 Å². The van der Waals surface area contributed by atoms with E-state index in [9.17, 15) is 4.79 Å². The van der Waals surface area contributed by atoms with Crippen LogP contribution in [0.25, 0.3) is 0 Å². The molecule has 0 aliphatic heterocycles. The zero-order chi connectivity index (χ0) is 25.0. The molecular weight excluding hydrogens is 428 g/mol. The fraction of sp³-hybridized carbons (Fsp3) is 0.538. The highest BCUT2D eigenvalue weighted by molar-refractivity contribution is 5.97. The van der Waals surface area contributed by atoms with Gasteiger partial charge in [-0.1, -0.05) is 20.4 Å². The number of amides is 1. The summed E-state index contributed by atoms with van der Waals surface area (Å²) in [5.41, 5.74) is 11.8. The molecular formula is C26H44N6O2. The van der Waals surface area contributed by atoms with Gasteiger partial charge in [0.2, 0.25) is 0 Å². The van der Waals surface area contributed by atoms with Gasteiger partial charge in [0, 0.05) is 37.3 Å². The number of unbranched alkanes of at least 4 members (excludes halogenated alkanes) is 2. The molecule has 0 radical (unpaired) electrons. The molecule has 0 fully saturated rings. The van der Waals surface area contributed by atoms with Crippen molar-refractivity contribution in [3.8, 4) is 5.75 Å². The van der Waals surface area contributed by atoms with Gasteiger partial charge in [-0.25, -0.2) is 4.99 Å². The second-order valence-corrected chi connectivity index (χ2v) is 8.12. The lowest BCUT2D eigenvalue weighted by atomic mass is 10.2. The minimum Gasteiger partial charge on any atom is -0.494 e. The fourth-order valence-electron chi connectivity index (χ4n) is 3.61. The van der Waals surface area contributed by atoms with Gasteiger partial charge >= 0.3 is 0 Å². The maximum Gasteiger partial charge on any atom is 0.254 e. The van der Waals surface area contributed by atoms with Gasteiger partial charge in [-0.05, 0) is 76.0 Å². The van der Waals surface area contributed by atoms with E-state index >= 15 is 0 Å². The molecule has 0 saturated carbocycles. The Hall–Kier alpha value is -3.00. The summed E-state index contributed by atoms with van der Waals surface area (Å²) in [5, 5.41) is 3.02. The first-order valence-corrected chi connectivity index (χ1v) is 12.3. The number of ether oxygens (including phenoxy) is 1. The van der Waals surface area contributed by atoms with Gasteiger partial charge in [-0.2, -0.15) is 0 Å². The molecule has 1 rings (SSSR count). The van der Waals surface area contributed by atoms with E-state index < -0.39 is 0 Å². The third kappa shape index (κ3) is 12.3. The Morgan fingerprint density at radius 3 is 2.41 bits per heavy atom. The number of nitrogens with zero attached hydrogens (tertiary/aromatic N) is 3. The largest absolute Gasteiger partial charge is 0.494 e. The van der Waals surface area contributed by atoms with E-state index in [1.165, 1.54) is 44.8 Å². The van der Waals surface area contributed by atoms with E-state index in [4.69, 9.17) is 16.2 Å². The first kappa shape index (κ1) is 29.0. The summed E-state index contributed by atoms with van der Waals surface area (Å²) in [7, 11) is 0. The van der Waals surface area contributed by atoms with Crippen molar-refractivity contribution in [2.45, 2.75) is 46.0 Å². The smallest absolute Gasteiger partial charge is 0.254 e. The Bertz CT molecular complexity index is 742. The van der Waals surface area contributed by atoms with Crippen LogP contribution in [0.3, 0.4) is 0 Å². The molecule has 0 aliphatic rings. The SMILES string of the molecule is C=CN=C(N)CN(CCN/C=C\N)C(=O)c1ccc(OCCCCCN(CCC)CCC)cc1. The van der Waals surface area contributed by atoms with E-state index in [2.05, 4.69) is 35.6 Å². The van der Waals surface area contributed by atoms with E-state index in [-0.39, 0.29) is 12.5 Å². The van der Waals surface area contributed by atoms with E-state index in [1.807, 2.05) is 12.1 Å². The van der Waals surface area contributed by atoms with Crippen molar-refractivity contribution in [1.82, 2.24) is 15.1 Å². The highest BCUT2D eigenvalue weighted by atomic mass is 16.5. The number of carbonyl (C=O) groups is 1. The number of nitrogens with one attached hydrogen (secondary N) is 1. The molecule has 0 spiro atoms. The van der Waals surface area contributed by atoms with Gasteiger partial charge in [-0.3, -0.25) is 4.79 Å². The van der Waals surface area contributed by atoms with Crippen LogP contribution >= 0.6 is 0 Å². The normalized spacial score (nSPS) is 11.7. The predicted molar refractivity (Wildman–Crippen MR) is 142 cm³/mol. The summed E-state index contributed by atoms with van der Waals surface area (Å²) in [6, 6.07) is 7.25. The fourth-order valence-corrected chi connectivity index (χ4v) is 3.61. The van der Waals surface area contributed by atoms with E-state index in [0.717, 1.165) is 25.1 Å². The molecule has 0 bridgehead atoms. The van der Waals surface area contributed by atoms with E-state index in [0.29, 0.717) is 31.1 Å². The van der Waals surface area contributed by atoms with Crippen molar-refractivity contribution >= 4 is 11.7 Å². The molecule has 0 atom stereocenters. The zero-order valence-corrected chi connectivity index (χ0v) is 21.0. The Morgan fingerprint density at radius 2 is 1.79 bits per heavy atom. The van der Waals surface area contributed by atoms with Crippen molar-refractivity contribution in [3.05, 3.63) is 55.0 Å². The van der Waals surface area contributed by atoms with Crippen LogP contribution in [-0.4, -0.2) is 67.4 Å². The Morgan fingerprint density at radius 1 is 1.09 bits per heavy atom. The molecule has 190 valence electrons. The van der Waals surface area contributed by atoms with Crippen LogP contribution in [0.4, 0.5) is 0 Å². The number of hydrogen-bond donors (Lipinski definition) is 3. The van der Waals surface area contributed by atoms with Crippen molar-refractivity contribution in [2.75, 3.05) is 45.9 Å². The Balaban J connectivity index is 2.52. The minimum atomic E-state index is -0.129. The van der Waals surface area contributed by atoms with Gasteiger partial charge in [0.15, 0.2) is 0 Å². The number of nitrogens with two attached hydrogens (primary N) is 2. The first-order valence-electron chi connectivity index (χ1n) is 12.3. The quantitative estimate of drug-likeness (QED) is 0.162. The van der Waals surface area contributed by atoms with Crippen molar-refractivity contribution in [1.29, 1.82) is 0 Å². The summed E-state index contributed by atoms with van der Waals surface area (Å²) in [4.78, 5) is 21.2. The number of rotatable bonds is 19. The van der Waals surface area contributed by atoms with Crippen molar-refractivity contribution in [3.63, 3.8) is 0 Å². The Kier molecular flexibility index (Phi) is 15.7. The lowest BCUT2D eigenvalue weighted by Crippen LogP contribution is -2.41. The molecule has 0 aromatic heterocycles. The monoisotopic (exact) mass is 472 g/mol. The van der Waals surface area contributed by atoms with Crippen LogP contribution in [0.5, 0.6) is 5.75 Å². The molecule has 0 unspecified atom stereocenters. The zero-order valence-electron chi connectivity index (χ0n) is 21.0. The highest BCUT2D eigenvalue weighted by Crippen LogP contribution is 2.15. The number of benzene rings is 1. The topological polar surface area (TPSA) is 109 Å². The lowest BCUT2D eigenvalue weighted by Gasteiger charge is -2.22. The average Bonchev–Trinajstić information content (AvgIpc) is 2.83. The van der Waals surface area contributed by atoms with Crippen LogP contribution in [0.2, 0.25) is 0 Å². The summed E-state index contributed by atoms with van der Waals surface area (Å²) < 4.78 is 5.87. The highest BCUT2D eigenvalue weighted by Gasteiger charge is 2.16. The standard InChI is InChI=1S/C26H44N6O2/c1-4-17-31(18-5-2)19-8-7-9-21-34-24-12-10-23(11-13-24)26(33)32(20-16-29-15-14-27)22-25(28)30-6-3/h6,10-15,29H,3-5,7-9,16-22,27H2,1-2H3,(H2,28,30)/b15-14-. The molecule has 0 heterocycles. The molecule has 0 saturated heterocycles. The molecule has 8 heteroatoms. The summed E-state index contributed by atoms with van der Waals surface area (Å²) in [5.74, 6) is 0.963. The van der Waals surface area contributed by atoms with E-state index in [1.54, 1.807) is 23.2 Å². The molecule has 1 aromatic carbocycles. The van der Waals surface area contributed by atoms with Crippen LogP contribution in [0, 0.1) is 0 Å². The number of hydrogen-bond acceptors (Lipinski definition) is 6. The lowest BCUT2D eigenvalue weighted by molar-refractivity contribution is 0.0781. The van der Waals surface area contributed by atoms with Gasteiger partial charge in [-0.15, -0.1) is 0 Å². The third-order valence-electron chi connectivity index (χ3n) is 5.21. The number of aliphatic imine (C=N–C) groups is 1. The summed E-state index contributed by atoms with van der Waals surface area (Å²) in [6.45, 7) is 13.4. The average molecular weight is 473 g/mol. The van der Waals surface area contributed by atoms with Crippen LogP contribution in [-0.2, 0) is 0 Å². The Labute approximate surface area is 205 Å². The maximum atomic E-state index is 13.0. The van der Waals surface area contributed by atoms with Gasteiger partial charge in [0.05, 0.1) is 13.2 Å². The maximum absolute atomic E-state index is 13.0. The van der Waals surface area contributed by atoms with Gasteiger partial charge in [0.25, 0.3) is 5.91 Å². The summed E-state index contributed by atoms with van der Waals surface area (Å²) in [6.07, 6.45) is 10.2. The van der Waals surface area contributed by atoms with Crippen LogP contribution in [0.1, 0.15) is 56.3 Å².